The van der Waals surface area contributed by atoms with Gasteiger partial charge in [-0.3, -0.25) is 4.79 Å². The van der Waals surface area contributed by atoms with Gasteiger partial charge in [0, 0.05) is 50.2 Å². The summed E-state index contributed by atoms with van der Waals surface area (Å²) in [5, 5.41) is 3.65. The highest BCUT2D eigenvalue weighted by Gasteiger charge is 2.32. The summed E-state index contributed by atoms with van der Waals surface area (Å²) >= 11 is 6.23. The third-order valence-corrected chi connectivity index (χ3v) is 8.69. The molecule has 4 rings (SSSR count). The number of carbonyl (C=O) groups excluding carboxylic acids is 1. The van der Waals surface area contributed by atoms with Crippen molar-refractivity contribution in [3.63, 3.8) is 0 Å². The Morgan fingerprint density at radius 1 is 0.970 bits per heavy atom. The zero-order chi connectivity index (χ0) is 23.6. The Kier molecular flexibility index (Phi) is 7.28. The molecule has 0 aromatic heterocycles. The second kappa shape index (κ2) is 10.0. The van der Waals surface area contributed by atoms with Crippen molar-refractivity contribution < 1.29 is 13.2 Å². The van der Waals surface area contributed by atoms with Crippen LogP contribution < -0.4 is 10.2 Å². The largest absolute Gasteiger partial charge is 0.367 e. The van der Waals surface area contributed by atoms with Crippen LogP contribution in [0.4, 0.5) is 11.4 Å². The molecular formula is C24H31ClN4O3S. The van der Waals surface area contributed by atoms with Gasteiger partial charge in [-0.25, -0.2) is 8.42 Å². The maximum atomic E-state index is 13.1. The molecule has 2 heterocycles. The summed E-state index contributed by atoms with van der Waals surface area (Å²) in [6.07, 6.45) is 0.975. The van der Waals surface area contributed by atoms with E-state index in [-0.39, 0.29) is 11.8 Å². The zero-order valence-corrected chi connectivity index (χ0v) is 20.7. The topological polar surface area (TPSA) is 73.0 Å². The number of sulfonamides is 1. The minimum absolute atomic E-state index is 0.0833. The van der Waals surface area contributed by atoms with Gasteiger partial charge >= 0.3 is 0 Å². The van der Waals surface area contributed by atoms with Gasteiger partial charge in [0.1, 0.15) is 0 Å². The van der Waals surface area contributed by atoms with Crippen molar-refractivity contribution in [3.8, 4) is 0 Å². The fourth-order valence-electron chi connectivity index (χ4n) is 4.38. The van der Waals surface area contributed by atoms with E-state index < -0.39 is 10.0 Å². The maximum absolute atomic E-state index is 13.1. The number of likely N-dealkylation sites (N-methyl/N-ethyl adjacent to an activating group) is 1. The SMILES string of the molecule is Cc1ccc(S(=O)(=O)N2CCC(C(=O)Nc3cc(Cl)ccc3N3CCN(C)CC3)CC2)cc1. The van der Waals surface area contributed by atoms with Crippen molar-refractivity contribution in [1.29, 1.82) is 0 Å². The molecule has 1 N–H and O–H groups in total. The number of benzene rings is 2. The second-order valence-electron chi connectivity index (χ2n) is 8.93. The van der Waals surface area contributed by atoms with E-state index in [0.29, 0.717) is 41.5 Å². The normalized spacial score (nSPS) is 18.9. The molecule has 0 bridgehead atoms. The highest BCUT2D eigenvalue weighted by Crippen LogP contribution is 2.32. The molecule has 178 valence electrons. The van der Waals surface area contributed by atoms with E-state index in [1.54, 1.807) is 30.3 Å². The third-order valence-electron chi connectivity index (χ3n) is 6.54. The third kappa shape index (κ3) is 5.51. The van der Waals surface area contributed by atoms with Crippen LogP contribution in [0.5, 0.6) is 0 Å². The van der Waals surface area contributed by atoms with Gasteiger partial charge in [0.25, 0.3) is 0 Å². The van der Waals surface area contributed by atoms with Crippen molar-refractivity contribution in [3.05, 3.63) is 53.1 Å². The fraction of sp³-hybridized carbons (Fsp3) is 0.458. The molecule has 0 aliphatic carbocycles. The lowest BCUT2D eigenvalue weighted by Crippen LogP contribution is -2.45. The Morgan fingerprint density at radius 3 is 2.24 bits per heavy atom. The Hall–Kier alpha value is -2.13. The number of carbonyl (C=O) groups is 1. The van der Waals surface area contributed by atoms with Gasteiger partial charge in [-0.05, 0) is 57.1 Å². The standard InChI is InChI=1S/C24H31ClN4O3S/c1-18-3-6-21(7-4-18)33(31,32)29-11-9-19(10-12-29)24(30)26-22-17-20(25)5-8-23(22)28-15-13-27(2)14-16-28/h3-8,17,19H,9-16H2,1-2H3,(H,26,30). The summed E-state index contributed by atoms with van der Waals surface area (Å²) in [5.41, 5.74) is 2.70. The van der Waals surface area contributed by atoms with Crippen LogP contribution in [0.15, 0.2) is 47.4 Å². The van der Waals surface area contributed by atoms with Crippen molar-refractivity contribution >= 4 is 38.9 Å². The second-order valence-corrected chi connectivity index (χ2v) is 11.3. The number of hydrogen-bond donors (Lipinski definition) is 1. The van der Waals surface area contributed by atoms with Crippen LogP contribution in [0.25, 0.3) is 0 Å². The number of halogens is 1. The molecule has 7 nitrogen and oxygen atoms in total. The number of aryl methyl sites for hydroxylation is 1. The van der Waals surface area contributed by atoms with Gasteiger partial charge < -0.3 is 15.1 Å². The Morgan fingerprint density at radius 2 is 1.61 bits per heavy atom. The number of piperazine rings is 1. The first-order valence-corrected chi connectivity index (χ1v) is 13.2. The number of nitrogens with one attached hydrogen (secondary N) is 1. The van der Waals surface area contributed by atoms with Crippen LogP contribution in [-0.2, 0) is 14.8 Å². The highest BCUT2D eigenvalue weighted by atomic mass is 35.5. The van der Waals surface area contributed by atoms with Crippen molar-refractivity contribution in [2.75, 3.05) is 56.5 Å². The minimum Gasteiger partial charge on any atom is -0.367 e. The van der Waals surface area contributed by atoms with E-state index in [2.05, 4.69) is 22.2 Å². The van der Waals surface area contributed by atoms with E-state index in [9.17, 15) is 13.2 Å². The molecule has 2 saturated heterocycles. The molecule has 9 heteroatoms. The van der Waals surface area contributed by atoms with E-state index in [4.69, 9.17) is 11.6 Å². The van der Waals surface area contributed by atoms with Crippen LogP contribution in [0.1, 0.15) is 18.4 Å². The number of anilines is 2. The molecule has 0 saturated carbocycles. The molecule has 2 aromatic carbocycles. The van der Waals surface area contributed by atoms with Gasteiger partial charge in [0.15, 0.2) is 0 Å². The fourth-order valence-corrected chi connectivity index (χ4v) is 6.03. The number of piperidine rings is 1. The van der Waals surface area contributed by atoms with Crippen LogP contribution in [-0.4, -0.2) is 69.8 Å². The van der Waals surface area contributed by atoms with Gasteiger partial charge in [-0.15, -0.1) is 0 Å². The van der Waals surface area contributed by atoms with Crippen molar-refractivity contribution in [2.24, 2.45) is 5.92 Å². The summed E-state index contributed by atoms with van der Waals surface area (Å²) in [5.74, 6) is -0.325. The van der Waals surface area contributed by atoms with Gasteiger partial charge in [0.05, 0.1) is 16.3 Å². The maximum Gasteiger partial charge on any atom is 0.243 e. The summed E-state index contributed by atoms with van der Waals surface area (Å²) in [7, 11) is -1.44. The Balaban J connectivity index is 1.41. The average molecular weight is 491 g/mol. The number of nitrogens with zero attached hydrogens (tertiary/aromatic N) is 3. The predicted octanol–water partition coefficient (Wildman–Crippen LogP) is 3.44. The quantitative estimate of drug-likeness (QED) is 0.695. The van der Waals surface area contributed by atoms with Gasteiger partial charge in [0.2, 0.25) is 15.9 Å². The van der Waals surface area contributed by atoms with Crippen LogP contribution in [0.2, 0.25) is 5.02 Å². The Labute approximate surface area is 201 Å². The average Bonchev–Trinajstić information content (AvgIpc) is 2.80. The first kappa shape index (κ1) is 24.0. The summed E-state index contributed by atoms with van der Waals surface area (Å²) in [6, 6.07) is 12.5. The molecule has 0 atom stereocenters. The molecule has 33 heavy (non-hydrogen) atoms. The molecule has 0 spiro atoms. The first-order valence-electron chi connectivity index (χ1n) is 11.3. The summed E-state index contributed by atoms with van der Waals surface area (Å²) in [6.45, 7) is 6.28. The lowest BCUT2D eigenvalue weighted by Gasteiger charge is -2.35. The number of amides is 1. The van der Waals surface area contributed by atoms with Gasteiger partial charge in [-0.1, -0.05) is 29.3 Å². The molecule has 2 aliphatic heterocycles. The summed E-state index contributed by atoms with van der Waals surface area (Å²) in [4.78, 5) is 17.9. The monoisotopic (exact) mass is 490 g/mol. The lowest BCUT2D eigenvalue weighted by molar-refractivity contribution is -0.120. The molecular weight excluding hydrogens is 460 g/mol. The molecule has 2 fully saturated rings. The minimum atomic E-state index is -3.54. The number of rotatable bonds is 5. The molecule has 0 radical (unpaired) electrons. The zero-order valence-electron chi connectivity index (χ0n) is 19.1. The first-order chi connectivity index (χ1) is 15.7. The highest BCUT2D eigenvalue weighted by molar-refractivity contribution is 7.89. The van der Waals surface area contributed by atoms with Gasteiger partial charge in [-0.2, -0.15) is 4.31 Å². The van der Waals surface area contributed by atoms with Crippen LogP contribution in [0.3, 0.4) is 0 Å². The Bertz CT molecular complexity index is 1090. The van der Waals surface area contributed by atoms with E-state index in [1.165, 1.54) is 4.31 Å². The smallest absolute Gasteiger partial charge is 0.243 e. The van der Waals surface area contributed by atoms with Crippen LogP contribution in [0, 0.1) is 12.8 Å². The lowest BCUT2D eigenvalue weighted by atomic mass is 9.97. The van der Waals surface area contributed by atoms with E-state index >= 15 is 0 Å². The van der Waals surface area contributed by atoms with E-state index in [1.807, 2.05) is 19.1 Å². The molecule has 0 unspecified atom stereocenters. The van der Waals surface area contributed by atoms with Crippen LogP contribution >= 0.6 is 11.6 Å². The molecule has 2 aliphatic rings. The summed E-state index contributed by atoms with van der Waals surface area (Å²) < 4.78 is 27.4. The molecule has 2 aromatic rings. The van der Waals surface area contributed by atoms with Crippen molar-refractivity contribution in [2.45, 2.75) is 24.7 Å². The van der Waals surface area contributed by atoms with E-state index in [0.717, 1.165) is 37.4 Å². The molecule has 1 amide bonds. The van der Waals surface area contributed by atoms with Crippen molar-refractivity contribution in [1.82, 2.24) is 9.21 Å². The number of hydrogen-bond acceptors (Lipinski definition) is 5. The predicted molar refractivity (Wildman–Crippen MR) is 132 cm³/mol.